The molecule has 0 saturated carbocycles. The highest BCUT2D eigenvalue weighted by molar-refractivity contribution is 6.30. The van der Waals surface area contributed by atoms with Gasteiger partial charge < -0.3 is 14.6 Å². The number of aromatic nitrogens is 2. The van der Waals surface area contributed by atoms with Gasteiger partial charge in [-0.15, -0.1) is 0 Å². The van der Waals surface area contributed by atoms with Crippen LogP contribution in [0.1, 0.15) is 32.2 Å². The third-order valence-corrected chi connectivity index (χ3v) is 4.35. The van der Waals surface area contributed by atoms with Crippen molar-refractivity contribution in [2.24, 2.45) is 0 Å². The van der Waals surface area contributed by atoms with Crippen LogP contribution in [0.25, 0.3) is 11.4 Å². The van der Waals surface area contributed by atoms with Gasteiger partial charge in [0.1, 0.15) is 11.4 Å². The van der Waals surface area contributed by atoms with Gasteiger partial charge in [0.25, 0.3) is 0 Å². The van der Waals surface area contributed by atoms with Crippen LogP contribution in [0.3, 0.4) is 0 Å². The van der Waals surface area contributed by atoms with Gasteiger partial charge >= 0.3 is 6.09 Å². The molecule has 30 heavy (non-hydrogen) atoms. The Balaban J connectivity index is 1.78. The summed E-state index contributed by atoms with van der Waals surface area (Å²) < 4.78 is 24.8. The standard InChI is InChI=1S/C22H23ClFN3O3/c1-22(2,3)29-21(28)25-17(12-14-7-4-5-10-18(14)24)13-19-26-20(27-30-19)15-8-6-9-16(23)11-15/h4-11,17H,12-13H2,1-3H3,(H,25,28)/t17-/m1/s1. The molecule has 158 valence electrons. The van der Waals surface area contributed by atoms with Gasteiger partial charge in [0, 0.05) is 23.0 Å². The lowest BCUT2D eigenvalue weighted by Gasteiger charge is -2.23. The van der Waals surface area contributed by atoms with Gasteiger partial charge in [0.05, 0.1) is 0 Å². The maximum atomic E-state index is 14.2. The molecule has 3 aromatic rings. The maximum Gasteiger partial charge on any atom is 0.407 e. The Labute approximate surface area is 179 Å². The van der Waals surface area contributed by atoms with Crippen LogP contribution in [0.15, 0.2) is 53.1 Å². The second kappa shape index (κ2) is 9.26. The van der Waals surface area contributed by atoms with Crippen molar-refractivity contribution < 1.29 is 18.4 Å². The molecule has 6 nitrogen and oxygen atoms in total. The number of hydrogen-bond acceptors (Lipinski definition) is 5. The van der Waals surface area contributed by atoms with Crippen LogP contribution in [-0.2, 0) is 17.6 Å². The van der Waals surface area contributed by atoms with Gasteiger partial charge in [-0.2, -0.15) is 4.98 Å². The lowest BCUT2D eigenvalue weighted by atomic mass is 10.0. The quantitative estimate of drug-likeness (QED) is 0.579. The van der Waals surface area contributed by atoms with Crippen molar-refractivity contribution in [1.29, 1.82) is 0 Å². The van der Waals surface area contributed by atoms with Crippen molar-refractivity contribution in [3.05, 3.63) is 70.8 Å². The SMILES string of the molecule is CC(C)(C)OC(=O)N[C@@H](Cc1nc(-c2cccc(Cl)c2)no1)Cc1ccccc1F. The lowest BCUT2D eigenvalue weighted by molar-refractivity contribution is 0.0502. The molecule has 0 bridgehead atoms. The topological polar surface area (TPSA) is 77.2 Å². The molecular weight excluding hydrogens is 409 g/mol. The van der Waals surface area contributed by atoms with Crippen molar-refractivity contribution in [3.63, 3.8) is 0 Å². The molecule has 0 radical (unpaired) electrons. The summed E-state index contributed by atoms with van der Waals surface area (Å²) in [5, 5.41) is 7.32. The van der Waals surface area contributed by atoms with E-state index in [1.165, 1.54) is 6.07 Å². The largest absolute Gasteiger partial charge is 0.444 e. The summed E-state index contributed by atoms with van der Waals surface area (Å²) in [6.07, 6.45) is -0.152. The molecule has 1 amide bonds. The van der Waals surface area contributed by atoms with E-state index in [4.69, 9.17) is 20.9 Å². The van der Waals surface area contributed by atoms with Crippen molar-refractivity contribution in [1.82, 2.24) is 15.5 Å². The number of amides is 1. The Kier molecular flexibility index (Phi) is 6.72. The highest BCUT2D eigenvalue weighted by Crippen LogP contribution is 2.21. The first-order valence-corrected chi connectivity index (χ1v) is 9.89. The number of benzene rings is 2. The molecule has 0 aliphatic carbocycles. The maximum absolute atomic E-state index is 14.2. The molecule has 0 spiro atoms. The van der Waals surface area contributed by atoms with E-state index in [-0.39, 0.29) is 18.7 Å². The molecular formula is C22H23ClFN3O3. The molecule has 0 aliphatic heterocycles. The number of carbonyl (C=O) groups excluding carboxylic acids is 1. The molecule has 1 aromatic heterocycles. The van der Waals surface area contributed by atoms with Crippen molar-refractivity contribution in [2.75, 3.05) is 0 Å². The zero-order chi connectivity index (χ0) is 21.7. The molecule has 0 saturated heterocycles. The number of hydrogen-bond donors (Lipinski definition) is 1. The fraction of sp³-hybridized carbons (Fsp3) is 0.318. The number of carbonyl (C=O) groups is 1. The summed E-state index contributed by atoms with van der Waals surface area (Å²) in [5.74, 6) is 0.343. The zero-order valence-corrected chi connectivity index (χ0v) is 17.7. The van der Waals surface area contributed by atoms with Crippen LogP contribution >= 0.6 is 11.6 Å². The third kappa shape index (κ3) is 6.29. The van der Waals surface area contributed by atoms with Gasteiger partial charge in [0.2, 0.25) is 11.7 Å². The first-order chi connectivity index (χ1) is 14.2. The second-order valence-electron chi connectivity index (χ2n) is 7.86. The van der Waals surface area contributed by atoms with E-state index < -0.39 is 17.7 Å². The number of ether oxygens (including phenoxy) is 1. The summed E-state index contributed by atoms with van der Waals surface area (Å²) >= 11 is 6.02. The molecule has 8 heteroatoms. The minimum Gasteiger partial charge on any atom is -0.444 e. The highest BCUT2D eigenvalue weighted by Gasteiger charge is 2.23. The number of nitrogens with zero attached hydrogens (tertiary/aromatic N) is 2. The molecule has 0 aliphatic rings. The van der Waals surface area contributed by atoms with E-state index in [1.807, 2.05) is 6.07 Å². The summed E-state index contributed by atoms with van der Waals surface area (Å²) in [4.78, 5) is 16.7. The van der Waals surface area contributed by atoms with E-state index in [0.29, 0.717) is 27.9 Å². The van der Waals surface area contributed by atoms with Gasteiger partial charge in [-0.25, -0.2) is 9.18 Å². The predicted molar refractivity (Wildman–Crippen MR) is 112 cm³/mol. The number of nitrogens with one attached hydrogen (secondary N) is 1. The van der Waals surface area contributed by atoms with Crippen molar-refractivity contribution >= 4 is 17.7 Å². The molecule has 0 fully saturated rings. The summed E-state index contributed by atoms with van der Waals surface area (Å²) in [6.45, 7) is 5.31. The smallest absolute Gasteiger partial charge is 0.407 e. The van der Waals surface area contributed by atoms with E-state index in [1.54, 1.807) is 57.2 Å². The second-order valence-corrected chi connectivity index (χ2v) is 8.30. The third-order valence-electron chi connectivity index (χ3n) is 4.12. The Hall–Kier alpha value is -2.93. The lowest BCUT2D eigenvalue weighted by Crippen LogP contribution is -2.41. The number of alkyl carbamates (subject to hydrolysis) is 1. The van der Waals surface area contributed by atoms with Crippen LogP contribution < -0.4 is 5.32 Å². The molecule has 3 rings (SSSR count). The summed E-state index contributed by atoms with van der Waals surface area (Å²) in [6, 6.07) is 13.0. The van der Waals surface area contributed by atoms with Crippen LogP contribution in [0.2, 0.25) is 5.02 Å². The normalized spacial score (nSPS) is 12.4. The predicted octanol–water partition coefficient (Wildman–Crippen LogP) is 5.21. The van der Waals surface area contributed by atoms with Crippen LogP contribution in [0.4, 0.5) is 9.18 Å². The zero-order valence-electron chi connectivity index (χ0n) is 17.0. The molecule has 1 atom stereocenters. The average Bonchev–Trinajstić information content (AvgIpc) is 3.10. The van der Waals surface area contributed by atoms with Gasteiger partial charge in [-0.1, -0.05) is 47.1 Å². The summed E-state index contributed by atoms with van der Waals surface area (Å²) in [5.41, 5.74) is 0.521. The van der Waals surface area contributed by atoms with Crippen molar-refractivity contribution in [3.8, 4) is 11.4 Å². The number of halogens is 2. The monoisotopic (exact) mass is 431 g/mol. The average molecular weight is 432 g/mol. The first-order valence-electron chi connectivity index (χ1n) is 9.51. The molecule has 2 aromatic carbocycles. The Bertz CT molecular complexity index is 1020. The Morgan fingerprint density at radius 2 is 1.97 bits per heavy atom. The highest BCUT2D eigenvalue weighted by atomic mass is 35.5. The van der Waals surface area contributed by atoms with Gasteiger partial charge in [-0.3, -0.25) is 0 Å². The Morgan fingerprint density at radius 1 is 1.20 bits per heavy atom. The van der Waals surface area contributed by atoms with E-state index in [2.05, 4.69) is 15.5 Å². The van der Waals surface area contributed by atoms with Gasteiger partial charge in [-0.05, 0) is 51.0 Å². The molecule has 1 N–H and O–H groups in total. The van der Waals surface area contributed by atoms with Crippen molar-refractivity contribution in [2.45, 2.75) is 45.3 Å². The van der Waals surface area contributed by atoms with E-state index >= 15 is 0 Å². The number of rotatable bonds is 6. The van der Waals surface area contributed by atoms with E-state index in [0.717, 1.165) is 0 Å². The first kappa shape index (κ1) is 21.8. The molecule has 0 unspecified atom stereocenters. The fourth-order valence-electron chi connectivity index (χ4n) is 2.87. The minimum absolute atomic E-state index is 0.209. The Morgan fingerprint density at radius 3 is 2.67 bits per heavy atom. The van der Waals surface area contributed by atoms with Gasteiger partial charge in [0.15, 0.2) is 0 Å². The van der Waals surface area contributed by atoms with E-state index in [9.17, 15) is 9.18 Å². The van der Waals surface area contributed by atoms with Crippen LogP contribution in [0.5, 0.6) is 0 Å². The minimum atomic E-state index is -0.656. The molecule has 1 heterocycles. The van der Waals surface area contributed by atoms with Crippen LogP contribution in [0, 0.1) is 5.82 Å². The summed E-state index contributed by atoms with van der Waals surface area (Å²) in [7, 11) is 0. The van der Waals surface area contributed by atoms with Crippen LogP contribution in [-0.4, -0.2) is 27.9 Å². The fourth-order valence-corrected chi connectivity index (χ4v) is 3.06.